The Hall–Kier alpha value is -2.20. The minimum atomic E-state index is -0.194. The summed E-state index contributed by atoms with van der Waals surface area (Å²) in [7, 11) is 0. The summed E-state index contributed by atoms with van der Waals surface area (Å²) in [5, 5.41) is 0. The molecule has 0 spiro atoms. The summed E-state index contributed by atoms with van der Waals surface area (Å²) in [4.78, 5) is 17.0. The van der Waals surface area contributed by atoms with Crippen molar-refractivity contribution in [2.24, 2.45) is 0 Å². The molecule has 0 aromatic heterocycles. The molecule has 144 valence electrons. The minimum absolute atomic E-state index is 0.191. The second-order valence-electron chi connectivity index (χ2n) is 7.27. The van der Waals surface area contributed by atoms with Gasteiger partial charge in [0.25, 0.3) is 0 Å². The van der Waals surface area contributed by atoms with Crippen LogP contribution in [-0.4, -0.2) is 29.9 Å². The molecule has 0 unspecified atom stereocenters. The third-order valence-corrected chi connectivity index (χ3v) is 5.44. The highest BCUT2D eigenvalue weighted by Crippen LogP contribution is 2.26. The van der Waals surface area contributed by atoms with Crippen LogP contribution in [0.4, 0.5) is 10.1 Å². The Labute approximate surface area is 161 Å². The van der Waals surface area contributed by atoms with Gasteiger partial charge in [0.1, 0.15) is 5.82 Å². The normalized spacial score (nSPS) is 15.7. The van der Waals surface area contributed by atoms with E-state index in [1.54, 1.807) is 0 Å². The first-order valence-corrected chi connectivity index (χ1v) is 9.98. The average molecular weight is 368 g/mol. The number of hydrogen-bond acceptors (Lipinski definition) is 2. The first kappa shape index (κ1) is 19.6. The number of aryl methyl sites for hydroxylation is 1. The fourth-order valence-electron chi connectivity index (χ4n) is 3.80. The molecule has 1 amide bonds. The van der Waals surface area contributed by atoms with Crippen LogP contribution in [0.15, 0.2) is 48.5 Å². The Morgan fingerprint density at radius 3 is 2.15 bits per heavy atom. The number of anilines is 1. The molecule has 0 N–H and O–H groups in total. The number of halogens is 1. The maximum Gasteiger partial charge on any atom is 0.226 e. The lowest BCUT2D eigenvalue weighted by molar-refractivity contribution is -0.119. The van der Waals surface area contributed by atoms with E-state index >= 15 is 0 Å². The number of carbonyl (C=O) groups excluding carboxylic acids is 1. The summed E-state index contributed by atoms with van der Waals surface area (Å²) >= 11 is 0. The highest BCUT2D eigenvalue weighted by molar-refractivity contribution is 5.93. The molecule has 0 saturated carbocycles. The Morgan fingerprint density at radius 1 is 1.00 bits per heavy atom. The topological polar surface area (TPSA) is 23.6 Å². The van der Waals surface area contributed by atoms with Gasteiger partial charge >= 0.3 is 0 Å². The molecule has 27 heavy (non-hydrogen) atoms. The zero-order valence-electron chi connectivity index (χ0n) is 16.3. The van der Waals surface area contributed by atoms with Gasteiger partial charge < -0.3 is 4.90 Å². The van der Waals surface area contributed by atoms with E-state index in [0.29, 0.717) is 6.42 Å². The first-order valence-electron chi connectivity index (χ1n) is 9.98. The van der Waals surface area contributed by atoms with E-state index in [1.165, 1.54) is 17.7 Å². The predicted octanol–water partition coefficient (Wildman–Crippen LogP) is 4.80. The van der Waals surface area contributed by atoms with Crippen molar-refractivity contribution < 1.29 is 9.18 Å². The monoisotopic (exact) mass is 368 g/mol. The van der Waals surface area contributed by atoms with E-state index in [2.05, 4.69) is 36.1 Å². The number of piperidine rings is 1. The fourth-order valence-corrected chi connectivity index (χ4v) is 3.80. The zero-order valence-corrected chi connectivity index (χ0v) is 16.3. The van der Waals surface area contributed by atoms with E-state index < -0.39 is 0 Å². The van der Waals surface area contributed by atoms with Gasteiger partial charge in [0.05, 0.1) is 0 Å². The van der Waals surface area contributed by atoms with Crippen LogP contribution in [0.5, 0.6) is 0 Å². The molecule has 3 nitrogen and oxygen atoms in total. The molecular formula is C23H29FN2O. The van der Waals surface area contributed by atoms with Crippen LogP contribution in [0.2, 0.25) is 0 Å². The molecule has 1 saturated heterocycles. The molecule has 0 bridgehead atoms. The lowest BCUT2D eigenvalue weighted by Crippen LogP contribution is -2.47. The Balaban J connectivity index is 1.65. The number of nitrogens with zero attached hydrogens (tertiary/aromatic N) is 2. The highest BCUT2D eigenvalue weighted by Gasteiger charge is 2.28. The predicted molar refractivity (Wildman–Crippen MR) is 108 cm³/mol. The number of benzene rings is 2. The van der Waals surface area contributed by atoms with Crippen LogP contribution >= 0.6 is 0 Å². The Kier molecular flexibility index (Phi) is 6.62. The van der Waals surface area contributed by atoms with Crippen LogP contribution in [0.3, 0.4) is 0 Å². The van der Waals surface area contributed by atoms with E-state index in [1.807, 2.05) is 24.0 Å². The largest absolute Gasteiger partial charge is 0.309 e. The van der Waals surface area contributed by atoms with Gasteiger partial charge in [0.2, 0.25) is 5.91 Å². The molecule has 1 aliphatic rings. The lowest BCUT2D eigenvalue weighted by atomic mass is 10.0. The van der Waals surface area contributed by atoms with E-state index in [0.717, 1.165) is 50.1 Å². The number of carbonyl (C=O) groups is 1. The summed E-state index contributed by atoms with van der Waals surface area (Å²) in [5.41, 5.74) is 3.43. The quantitative estimate of drug-likeness (QED) is 0.731. The molecule has 1 aliphatic heterocycles. The van der Waals surface area contributed by atoms with Gasteiger partial charge in [-0.05, 0) is 54.7 Å². The molecule has 0 radical (unpaired) electrons. The summed E-state index contributed by atoms with van der Waals surface area (Å²) in [6.45, 7) is 6.80. The van der Waals surface area contributed by atoms with Crippen LogP contribution in [-0.2, 0) is 17.8 Å². The third-order valence-electron chi connectivity index (χ3n) is 5.44. The molecule has 1 fully saturated rings. The maximum atomic E-state index is 13.1. The van der Waals surface area contributed by atoms with E-state index in [4.69, 9.17) is 0 Å². The van der Waals surface area contributed by atoms with E-state index in [-0.39, 0.29) is 17.8 Å². The van der Waals surface area contributed by atoms with Crippen LogP contribution in [0.1, 0.15) is 44.2 Å². The van der Waals surface area contributed by atoms with Crippen LogP contribution in [0, 0.1) is 5.82 Å². The summed E-state index contributed by atoms with van der Waals surface area (Å²) < 4.78 is 13.1. The maximum absolute atomic E-state index is 13.1. The van der Waals surface area contributed by atoms with Crippen molar-refractivity contribution in [3.05, 3.63) is 65.5 Å². The minimum Gasteiger partial charge on any atom is -0.309 e. The number of hydrogen-bond donors (Lipinski definition) is 0. The molecule has 0 aliphatic carbocycles. The van der Waals surface area contributed by atoms with Gasteiger partial charge in [-0.15, -0.1) is 0 Å². The second kappa shape index (κ2) is 9.14. The number of rotatable bonds is 6. The van der Waals surface area contributed by atoms with Crippen molar-refractivity contribution in [1.29, 1.82) is 0 Å². The summed E-state index contributed by atoms with van der Waals surface area (Å²) in [6, 6.07) is 15.4. The van der Waals surface area contributed by atoms with Gasteiger partial charge in [-0.1, -0.05) is 38.1 Å². The van der Waals surface area contributed by atoms with Gasteiger partial charge in [-0.25, -0.2) is 4.39 Å². The summed E-state index contributed by atoms with van der Waals surface area (Å²) in [6.07, 6.45) is 3.44. The zero-order chi connectivity index (χ0) is 19.2. The molecule has 4 heteroatoms. The second-order valence-corrected chi connectivity index (χ2v) is 7.27. The van der Waals surface area contributed by atoms with Gasteiger partial charge in [-0.3, -0.25) is 9.69 Å². The molecule has 2 aromatic carbocycles. The standard InChI is InChI=1S/C23H29FN2O/c1-3-18-7-11-21(12-8-18)26(23(27)4-2)22-13-15-25(16-14-22)17-19-5-9-20(24)10-6-19/h5-12,22H,3-4,13-17H2,1-2H3. The van der Waals surface area contributed by atoms with Crippen molar-refractivity contribution in [3.63, 3.8) is 0 Å². The Morgan fingerprint density at radius 2 is 1.59 bits per heavy atom. The van der Waals surface area contributed by atoms with E-state index in [9.17, 15) is 9.18 Å². The molecule has 3 rings (SSSR count). The highest BCUT2D eigenvalue weighted by atomic mass is 19.1. The lowest BCUT2D eigenvalue weighted by Gasteiger charge is -2.38. The smallest absolute Gasteiger partial charge is 0.226 e. The first-order chi connectivity index (χ1) is 13.1. The number of amides is 1. The molecule has 2 aromatic rings. The number of likely N-dealkylation sites (tertiary alicyclic amines) is 1. The van der Waals surface area contributed by atoms with Crippen molar-refractivity contribution in [1.82, 2.24) is 4.90 Å². The molecule has 1 heterocycles. The van der Waals surface area contributed by atoms with Gasteiger partial charge in [0.15, 0.2) is 0 Å². The van der Waals surface area contributed by atoms with Gasteiger partial charge in [0, 0.05) is 37.8 Å². The third kappa shape index (κ3) is 4.95. The van der Waals surface area contributed by atoms with Crippen LogP contribution in [0.25, 0.3) is 0 Å². The SMILES string of the molecule is CCC(=O)N(c1ccc(CC)cc1)C1CCN(Cc2ccc(F)cc2)CC1. The van der Waals surface area contributed by atoms with Crippen molar-refractivity contribution in [2.75, 3.05) is 18.0 Å². The Bertz CT molecular complexity index is 734. The van der Waals surface area contributed by atoms with Crippen molar-refractivity contribution in [2.45, 2.75) is 52.1 Å². The van der Waals surface area contributed by atoms with Crippen molar-refractivity contribution in [3.8, 4) is 0 Å². The fraction of sp³-hybridized carbons (Fsp3) is 0.435. The van der Waals surface area contributed by atoms with Gasteiger partial charge in [-0.2, -0.15) is 0 Å². The molecule has 0 atom stereocenters. The molecular weight excluding hydrogens is 339 g/mol. The van der Waals surface area contributed by atoms with Crippen molar-refractivity contribution >= 4 is 11.6 Å². The average Bonchev–Trinajstić information content (AvgIpc) is 2.71. The summed E-state index contributed by atoms with van der Waals surface area (Å²) in [5.74, 6) is -0.00324. The van der Waals surface area contributed by atoms with Crippen LogP contribution < -0.4 is 4.90 Å².